The second-order valence-electron chi connectivity index (χ2n) is 5.06. The van der Waals surface area contributed by atoms with Crippen molar-refractivity contribution in [3.05, 3.63) is 41.4 Å². The molecule has 1 aromatic heterocycles. The van der Waals surface area contributed by atoms with Crippen molar-refractivity contribution in [1.82, 2.24) is 4.98 Å². The average molecular weight is 343 g/mol. The van der Waals surface area contributed by atoms with Gasteiger partial charge < -0.3 is 20.1 Å². The van der Waals surface area contributed by atoms with Gasteiger partial charge in [-0.25, -0.2) is 9.78 Å². The second-order valence-corrected chi connectivity index (χ2v) is 6.30. The molecule has 0 aliphatic rings. The maximum atomic E-state index is 12.2. The highest BCUT2D eigenvalue weighted by molar-refractivity contribution is 7.18. The van der Waals surface area contributed by atoms with Crippen LogP contribution in [0.1, 0.15) is 5.01 Å². The van der Waals surface area contributed by atoms with Gasteiger partial charge >= 0.3 is 6.03 Å². The Morgan fingerprint density at radius 1 is 1.08 bits per heavy atom. The fourth-order valence-corrected chi connectivity index (χ4v) is 3.17. The molecular weight excluding hydrogens is 326 g/mol. The zero-order chi connectivity index (χ0) is 17.1. The van der Waals surface area contributed by atoms with E-state index in [0.29, 0.717) is 22.9 Å². The van der Waals surface area contributed by atoms with E-state index in [1.807, 2.05) is 25.1 Å². The molecule has 2 aromatic carbocycles. The van der Waals surface area contributed by atoms with Crippen LogP contribution in [-0.4, -0.2) is 25.2 Å². The standard InChI is InChI=1S/C17H17N3O3S/c1-10-18-14-6-4-11(8-16(14)24-10)19-17(21)20-13-7-5-12(22-2)9-15(13)23-3/h4-9H,1-3H3,(H2,19,20,21). The van der Waals surface area contributed by atoms with Gasteiger partial charge in [0.05, 0.1) is 35.1 Å². The largest absolute Gasteiger partial charge is 0.497 e. The van der Waals surface area contributed by atoms with Gasteiger partial charge in [-0.2, -0.15) is 0 Å². The first-order valence-corrected chi connectivity index (χ1v) is 8.08. The van der Waals surface area contributed by atoms with Crippen LogP contribution in [0.15, 0.2) is 36.4 Å². The number of carbonyl (C=O) groups excluding carboxylic acids is 1. The van der Waals surface area contributed by atoms with E-state index in [4.69, 9.17) is 9.47 Å². The molecule has 24 heavy (non-hydrogen) atoms. The molecule has 1 heterocycles. The summed E-state index contributed by atoms with van der Waals surface area (Å²) >= 11 is 1.59. The molecule has 0 spiro atoms. The first kappa shape index (κ1) is 16.1. The highest BCUT2D eigenvalue weighted by Crippen LogP contribution is 2.29. The third-order valence-corrected chi connectivity index (χ3v) is 4.34. The van der Waals surface area contributed by atoms with Crippen LogP contribution in [0.5, 0.6) is 11.5 Å². The monoisotopic (exact) mass is 343 g/mol. The van der Waals surface area contributed by atoms with Crippen molar-refractivity contribution < 1.29 is 14.3 Å². The van der Waals surface area contributed by atoms with E-state index >= 15 is 0 Å². The Kier molecular flexibility index (Phi) is 4.52. The van der Waals surface area contributed by atoms with Crippen LogP contribution in [-0.2, 0) is 0 Å². The van der Waals surface area contributed by atoms with Crippen LogP contribution in [0, 0.1) is 6.92 Å². The predicted octanol–water partition coefficient (Wildman–Crippen LogP) is 4.27. The molecular formula is C17H17N3O3S. The summed E-state index contributed by atoms with van der Waals surface area (Å²) in [5.41, 5.74) is 2.20. The molecule has 124 valence electrons. The van der Waals surface area contributed by atoms with Crippen molar-refractivity contribution in [3.8, 4) is 11.5 Å². The van der Waals surface area contributed by atoms with Crippen molar-refractivity contribution in [2.45, 2.75) is 6.92 Å². The molecule has 0 unspecified atom stereocenters. The normalized spacial score (nSPS) is 10.5. The number of fused-ring (bicyclic) bond motifs is 1. The summed E-state index contributed by atoms with van der Waals surface area (Å²) in [6.07, 6.45) is 0. The Labute approximate surface area is 143 Å². The van der Waals surface area contributed by atoms with Crippen LogP contribution in [0.4, 0.5) is 16.2 Å². The van der Waals surface area contributed by atoms with Gasteiger partial charge in [0.1, 0.15) is 11.5 Å². The van der Waals surface area contributed by atoms with Crippen LogP contribution in [0.3, 0.4) is 0 Å². The molecule has 2 amide bonds. The van der Waals surface area contributed by atoms with Gasteiger partial charge in [0.15, 0.2) is 0 Å². The van der Waals surface area contributed by atoms with Gasteiger partial charge in [-0.1, -0.05) is 0 Å². The Hall–Kier alpha value is -2.80. The predicted molar refractivity (Wildman–Crippen MR) is 96.5 cm³/mol. The number of benzene rings is 2. The minimum absolute atomic E-state index is 0.348. The minimum Gasteiger partial charge on any atom is -0.497 e. The van der Waals surface area contributed by atoms with Crippen LogP contribution < -0.4 is 20.1 Å². The van der Waals surface area contributed by atoms with E-state index in [1.54, 1.807) is 36.6 Å². The number of thiazole rings is 1. The number of rotatable bonds is 4. The molecule has 0 saturated carbocycles. The molecule has 0 aliphatic carbocycles. The number of nitrogens with one attached hydrogen (secondary N) is 2. The maximum Gasteiger partial charge on any atom is 0.323 e. The van der Waals surface area contributed by atoms with E-state index in [2.05, 4.69) is 15.6 Å². The first-order chi connectivity index (χ1) is 11.6. The molecule has 6 nitrogen and oxygen atoms in total. The lowest BCUT2D eigenvalue weighted by molar-refractivity contribution is 0.262. The van der Waals surface area contributed by atoms with Crippen molar-refractivity contribution in [2.24, 2.45) is 0 Å². The molecule has 0 bridgehead atoms. The highest BCUT2D eigenvalue weighted by Gasteiger charge is 2.10. The Bertz CT molecular complexity index is 892. The van der Waals surface area contributed by atoms with Crippen molar-refractivity contribution in [1.29, 1.82) is 0 Å². The number of urea groups is 1. The number of carbonyl (C=O) groups is 1. The van der Waals surface area contributed by atoms with Gasteiger partial charge in [-0.3, -0.25) is 0 Å². The summed E-state index contributed by atoms with van der Waals surface area (Å²) in [6, 6.07) is 10.5. The Balaban J connectivity index is 1.74. The number of hydrogen-bond donors (Lipinski definition) is 2. The number of hydrogen-bond acceptors (Lipinski definition) is 5. The van der Waals surface area contributed by atoms with Crippen molar-refractivity contribution in [2.75, 3.05) is 24.9 Å². The summed E-state index contributed by atoms with van der Waals surface area (Å²) in [7, 11) is 3.11. The summed E-state index contributed by atoms with van der Waals surface area (Å²) < 4.78 is 11.4. The highest BCUT2D eigenvalue weighted by atomic mass is 32.1. The third kappa shape index (κ3) is 3.41. The second kappa shape index (κ2) is 6.76. The van der Waals surface area contributed by atoms with Gasteiger partial charge in [0.2, 0.25) is 0 Å². The Morgan fingerprint density at radius 3 is 2.67 bits per heavy atom. The van der Waals surface area contributed by atoms with E-state index in [1.165, 1.54) is 7.11 Å². The van der Waals surface area contributed by atoms with E-state index in [9.17, 15) is 4.79 Å². The molecule has 0 atom stereocenters. The fraction of sp³-hybridized carbons (Fsp3) is 0.176. The fourth-order valence-electron chi connectivity index (χ4n) is 2.30. The van der Waals surface area contributed by atoms with Gasteiger partial charge in [-0.05, 0) is 37.3 Å². The lowest BCUT2D eigenvalue weighted by atomic mass is 10.2. The number of nitrogens with zero attached hydrogens (tertiary/aromatic N) is 1. The summed E-state index contributed by atoms with van der Waals surface area (Å²) in [5, 5.41) is 6.58. The first-order valence-electron chi connectivity index (χ1n) is 7.26. The molecule has 3 rings (SSSR count). The zero-order valence-corrected chi connectivity index (χ0v) is 14.4. The van der Waals surface area contributed by atoms with Crippen LogP contribution in [0.2, 0.25) is 0 Å². The maximum absolute atomic E-state index is 12.2. The van der Waals surface area contributed by atoms with E-state index in [0.717, 1.165) is 15.2 Å². The quantitative estimate of drug-likeness (QED) is 0.742. The molecule has 3 aromatic rings. The number of aromatic nitrogens is 1. The smallest absolute Gasteiger partial charge is 0.323 e. The van der Waals surface area contributed by atoms with E-state index in [-0.39, 0.29) is 6.03 Å². The lowest BCUT2D eigenvalue weighted by Gasteiger charge is -2.12. The lowest BCUT2D eigenvalue weighted by Crippen LogP contribution is -2.19. The zero-order valence-electron chi connectivity index (χ0n) is 13.5. The van der Waals surface area contributed by atoms with Gasteiger partial charge in [0.25, 0.3) is 0 Å². The van der Waals surface area contributed by atoms with E-state index < -0.39 is 0 Å². The summed E-state index contributed by atoms with van der Waals surface area (Å²) in [4.78, 5) is 16.6. The minimum atomic E-state index is -0.348. The number of ether oxygens (including phenoxy) is 2. The number of anilines is 2. The molecule has 0 radical (unpaired) electrons. The van der Waals surface area contributed by atoms with Gasteiger partial charge in [-0.15, -0.1) is 11.3 Å². The topological polar surface area (TPSA) is 72.5 Å². The number of amides is 2. The number of aryl methyl sites for hydroxylation is 1. The van der Waals surface area contributed by atoms with Crippen LogP contribution in [0.25, 0.3) is 10.2 Å². The average Bonchev–Trinajstić information content (AvgIpc) is 2.94. The molecule has 0 aliphatic heterocycles. The SMILES string of the molecule is COc1ccc(NC(=O)Nc2ccc3nc(C)sc3c2)c(OC)c1. The summed E-state index contributed by atoms with van der Waals surface area (Å²) in [6.45, 7) is 1.96. The third-order valence-electron chi connectivity index (χ3n) is 3.41. The number of methoxy groups -OCH3 is 2. The van der Waals surface area contributed by atoms with Crippen molar-refractivity contribution >= 4 is 39.0 Å². The molecule has 0 saturated heterocycles. The molecule has 7 heteroatoms. The molecule has 2 N–H and O–H groups in total. The van der Waals surface area contributed by atoms with Crippen LogP contribution >= 0.6 is 11.3 Å². The van der Waals surface area contributed by atoms with Crippen molar-refractivity contribution in [3.63, 3.8) is 0 Å². The summed E-state index contributed by atoms with van der Waals surface area (Å²) in [5.74, 6) is 1.18. The Morgan fingerprint density at radius 2 is 1.92 bits per heavy atom. The molecule has 0 fully saturated rings. The van der Waals surface area contributed by atoms with Gasteiger partial charge in [0, 0.05) is 11.8 Å².